The van der Waals surface area contributed by atoms with E-state index < -0.39 is 30.2 Å². The van der Waals surface area contributed by atoms with Gasteiger partial charge in [0.25, 0.3) is 5.56 Å². The van der Waals surface area contributed by atoms with Gasteiger partial charge in [0.2, 0.25) is 11.9 Å². The summed E-state index contributed by atoms with van der Waals surface area (Å²) >= 11 is 0. The van der Waals surface area contributed by atoms with Crippen LogP contribution in [0, 0.1) is 5.92 Å². The van der Waals surface area contributed by atoms with Crippen LogP contribution < -0.4 is 10.9 Å². The third-order valence-corrected chi connectivity index (χ3v) is 4.04. The quantitative estimate of drug-likeness (QED) is 0.709. The number of halogens is 1. The van der Waals surface area contributed by atoms with Gasteiger partial charge in [-0.05, 0) is 6.42 Å². The predicted octanol–water partition coefficient (Wildman–Crippen LogP) is 0.115. The van der Waals surface area contributed by atoms with Crippen LogP contribution in [0.4, 0.5) is 10.3 Å². The summed E-state index contributed by atoms with van der Waals surface area (Å²) in [6.45, 7) is 5.12. The molecule has 0 aliphatic carbocycles. The lowest BCUT2D eigenvalue weighted by Gasteiger charge is -2.13. The molecule has 1 amide bonds. The molecule has 3 heterocycles. The number of aliphatic hydroxyl groups excluding tert-OH is 1. The maximum atomic E-state index is 14.4. The summed E-state index contributed by atoms with van der Waals surface area (Å²) in [6, 6.07) is 0. The van der Waals surface area contributed by atoms with Gasteiger partial charge in [-0.1, -0.05) is 26.0 Å². The number of hydrogen-bond acceptors (Lipinski definition) is 7. The van der Waals surface area contributed by atoms with Crippen LogP contribution in [0.3, 0.4) is 0 Å². The van der Waals surface area contributed by atoms with Crippen molar-refractivity contribution < 1.29 is 19.0 Å². The molecule has 25 heavy (non-hydrogen) atoms. The minimum Gasteiger partial charge on any atom is -0.387 e. The number of aromatic amines is 1. The van der Waals surface area contributed by atoms with E-state index in [0.717, 1.165) is 4.68 Å². The van der Waals surface area contributed by atoms with Gasteiger partial charge in [0.05, 0.1) is 6.10 Å². The van der Waals surface area contributed by atoms with Crippen LogP contribution in [-0.2, 0) is 9.53 Å². The molecule has 3 rings (SSSR count). The molecule has 2 aromatic heterocycles. The molecular formula is C14H19FN6O4. The van der Waals surface area contributed by atoms with Gasteiger partial charge in [0.15, 0.2) is 23.6 Å². The van der Waals surface area contributed by atoms with Crippen molar-refractivity contribution in [3.63, 3.8) is 0 Å². The molecule has 136 valence electrons. The molecule has 1 aliphatic rings. The number of ether oxygens (including phenoxy) is 1. The van der Waals surface area contributed by atoms with Gasteiger partial charge in [-0.25, -0.2) is 4.39 Å². The summed E-state index contributed by atoms with van der Waals surface area (Å²) in [7, 11) is 0. The molecule has 3 N–H and O–H groups in total. The Morgan fingerprint density at radius 1 is 1.52 bits per heavy atom. The smallest absolute Gasteiger partial charge is 0.282 e. The lowest BCUT2D eigenvalue weighted by molar-refractivity contribution is -0.118. The van der Waals surface area contributed by atoms with Crippen LogP contribution in [0.25, 0.3) is 11.2 Å². The molecule has 0 bridgehead atoms. The number of hydrogen-bond donors (Lipinski definition) is 3. The van der Waals surface area contributed by atoms with E-state index in [1.807, 2.05) is 0 Å². The van der Waals surface area contributed by atoms with E-state index in [1.54, 1.807) is 20.8 Å². The van der Waals surface area contributed by atoms with Gasteiger partial charge in [0, 0.05) is 5.92 Å². The predicted molar refractivity (Wildman–Crippen MR) is 84.5 cm³/mol. The highest BCUT2D eigenvalue weighted by molar-refractivity contribution is 5.90. The van der Waals surface area contributed by atoms with Crippen LogP contribution in [-0.4, -0.2) is 54.4 Å². The van der Waals surface area contributed by atoms with Crippen molar-refractivity contribution in [3.8, 4) is 0 Å². The molecule has 2 aromatic rings. The standard InChI is InChI=1S/C14H19FN6O4/c1-4-6-9(22)7(15)13(25-6)21-10-8(19-20-21)12(24)18-14(16-10)17-11(23)5(2)3/h5-7,9,13,22H,4H2,1-3H3,(H2,16,17,18,23,24)/t6-,7-,9-,13-/m1/s1. The number of nitrogens with one attached hydrogen (secondary N) is 2. The molecule has 0 saturated carbocycles. The summed E-state index contributed by atoms with van der Waals surface area (Å²) in [5, 5.41) is 19.8. The fourth-order valence-electron chi connectivity index (χ4n) is 2.57. The molecule has 0 unspecified atom stereocenters. The number of rotatable bonds is 4. The second kappa shape index (κ2) is 6.48. The topological polar surface area (TPSA) is 135 Å². The van der Waals surface area contributed by atoms with Gasteiger partial charge >= 0.3 is 0 Å². The van der Waals surface area contributed by atoms with Gasteiger partial charge in [0.1, 0.15) is 6.10 Å². The Morgan fingerprint density at radius 2 is 2.24 bits per heavy atom. The molecule has 1 fully saturated rings. The first-order valence-electron chi connectivity index (χ1n) is 7.97. The van der Waals surface area contributed by atoms with Crippen molar-refractivity contribution in [2.75, 3.05) is 5.32 Å². The maximum absolute atomic E-state index is 14.4. The molecule has 1 aliphatic heterocycles. The van der Waals surface area contributed by atoms with Crippen LogP contribution in [0.5, 0.6) is 0 Å². The van der Waals surface area contributed by atoms with Gasteiger partial charge in [-0.3, -0.25) is 19.9 Å². The summed E-state index contributed by atoms with van der Waals surface area (Å²) < 4.78 is 20.9. The maximum Gasteiger partial charge on any atom is 0.282 e. The number of aromatic nitrogens is 5. The third kappa shape index (κ3) is 3.00. The van der Waals surface area contributed by atoms with E-state index >= 15 is 0 Å². The first kappa shape index (κ1) is 17.4. The van der Waals surface area contributed by atoms with Crippen molar-refractivity contribution in [2.24, 2.45) is 5.92 Å². The van der Waals surface area contributed by atoms with E-state index in [-0.39, 0.29) is 28.9 Å². The molecule has 1 saturated heterocycles. The zero-order chi connectivity index (χ0) is 18.3. The first-order chi connectivity index (χ1) is 11.8. The van der Waals surface area contributed by atoms with E-state index in [0.29, 0.717) is 6.42 Å². The molecule has 10 nitrogen and oxygen atoms in total. The lowest BCUT2D eigenvalue weighted by atomic mass is 10.1. The molecule has 0 radical (unpaired) electrons. The van der Waals surface area contributed by atoms with Crippen molar-refractivity contribution in [3.05, 3.63) is 10.4 Å². The second-order valence-electron chi connectivity index (χ2n) is 6.17. The Labute approximate surface area is 141 Å². The van der Waals surface area contributed by atoms with Crippen molar-refractivity contribution in [2.45, 2.75) is 51.8 Å². The molecule has 0 aromatic carbocycles. The van der Waals surface area contributed by atoms with E-state index in [2.05, 4.69) is 25.6 Å². The second-order valence-corrected chi connectivity index (χ2v) is 6.17. The summed E-state index contributed by atoms with van der Waals surface area (Å²) in [5.74, 6) is -0.762. The number of anilines is 1. The minimum absolute atomic E-state index is 0.0422. The van der Waals surface area contributed by atoms with Crippen molar-refractivity contribution in [1.29, 1.82) is 0 Å². The van der Waals surface area contributed by atoms with Gasteiger partial charge in [-0.15, -0.1) is 5.10 Å². The van der Waals surface area contributed by atoms with E-state index in [1.165, 1.54) is 0 Å². The van der Waals surface area contributed by atoms with Crippen LogP contribution >= 0.6 is 0 Å². The molecule has 11 heteroatoms. The van der Waals surface area contributed by atoms with Crippen LogP contribution in [0.1, 0.15) is 33.4 Å². The Bertz CT molecular complexity index is 849. The average molecular weight is 354 g/mol. The zero-order valence-corrected chi connectivity index (χ0v) is 13.9. The van der Waals surface area contributed by atoms with Crippen molar-refractivity contribution >= 4 is 23.0 Å². The normalized spacial score (nSPS) is 26.5. The van der Waals surface area contributed by atoms with E-state index in [9.17, 15) is 19.1 Å². The van der Waals surface area contributed by atoms with Gasteiger partial charge < -0.3 is 9.84 Å². The van der Waals surface area contributed by atoms with Crippen LogP contribution in [0.2, 0.25) is 0 Å². The number of H-pyrrole nitrogens is 1. The Balaban J connectivity index is 2.01. The van der Waals surface area contributed by atoms with E-state index in [4.69, 9.17) is 4.74 Å². The fraction of sp³-hybridized carbons (Fsp3) is 0.643. The number of carbonyl (C=O) groups is 1. The average Bonchev–Trinajstić information content (AvgIpc) is 3.10. The highest BCUT2D eigenvalue weighted by Crippen LogP contribution is 2.33. The molecule has 0 spiro atoms. The lowest BCUT2D eigenvalue weighted by Crippen LogP contribution is -2.28. The van der Waals surface area contributed by atoms with Crippen LogP contribution in [0.15, 0.2) is 4.79 Å². The van der Waals surface area contributed by atoms with Gasteiger partial charge in [-0.2, -0.15) is 9.67 Å². The summed E-state index contributed by atoms with van der Waals surface area (Å²) in [4.78, 5) is 30.4. The number of fused-ring (bicyclic) bond motifs is 1. The number of nitrogens with zero attached hydrogens (tertiary/aromatic N) is 4. The Morgan fingerprint density at radius 3 is 2.84 bits per heavy atom. The third-order valence-electron chi connectivity index (χ3n) is 4.04. The highest BCUT2D eigenvalue weighted by atomic mass is 19.1. The Hall–Kier alpha value is -2.40. The summed E-state index contributed by atoms with van der Waals surface area (Å²) in [6.07, 6.45) is -4.59. The fourth-order valence-corrected chi connectivity index (χ4v) is 2.57. The molecule has 4 atom stereocenters. The number of aliphatic hydroxyl groups is 1. The largest absolute Gasteiger partial charge is 0.387 e. The Kier molecular flexibility index (Phi) is 4.52. The summed E-state index contributed by atoms with van der Waals surface area (Å²) in [5.41, 5.74) is -0.788. The number of alkyl halides is 1. The zero-order valence-electron chi connectivity index (χ0n) is 13.9. The monoisotopic (exact) mass is 354 g/mol. The highest BCUT2D eigenvalue weighted by Gasteiger charge is 2.45. The first-order valence-corrected chi connectivity index (χ1v) is 7.97. The number of carbonyl (C=O) groups excluding carboxylic acids is 1. The van der Waals surface area contributed by atoms with Crippen molar-refractivity contribution in [1.82, 2.24) is 25.0 Å². The SMILES string of the molecule is CC[C@H]1O[C@@H](n2nnc3c(=O)[nH]c(NC(=O)C(C)C)nc32)[C@H](F)[C@@H]1O. The minimum atomic E-state index is -1.75. The molecular weight excluding hydrogens is 335 g/mol. The number of amides is 1.